The molecule has 24 heavy (non-hydrogen) atoms. The van der Waals surface area contributed by atoms with Gasteiger partial charge in [0.1, 0.15) is 5.82 Å². The van der Waals surface area contributed by atoms with Crippen LogP contribution in [0, 0.1) is 5.82 Å². The van der Waals surface area contributed by atoms with Gasteiger partial charge in [0.15, 0.2) is 0 Å². The molecule has 1 aliphatic carbocycles. The summed E-state index contributed by atoms with van der Waals surface area (Å²) in [5, 5.41) is 2.88. The summed E-state index contributed by atoms with van der Waals surface area (Å²) < 4.78 is 19.4. The van der Waals surface area contributed by atoms with Gasteiger partial charge in [-0.3, -0.25) is 4.79 Å². The molecule has 2 aromatic rings. The fraction of sp³-hybridized carbons (Fsp3) is 0.353. The largest absolute Gasteiger partial charge is 0.467 e. The number of hydrogen-bond acceptors (Lipinski definition) is 4. The highest BCUT2D eigenvalue weighted by molar-refractivity contribution is 6.30. The molecule has 0 bridgehead atoms. The molecule has 3 rings (SSSR count). The predicted molar refractivity (Wildman–Crippen MR) is 87.4 cm³/mol. The van der Waals surface area contributed by atoms with E-state index >= 15 is 0 Å². The number of nitrogens with one attached hydrogen (secondary N) is 1. The lowest BCUT2D eigenvalue weighted by atomic mass is 9.63. The number of ether oxygens (including phenoxy) is 1. The molecule has 0 aliphatic heterocycles. The standard InChI is InChI=1S/C17H17ClFN3O2/c1-24-16-20-9-6-11(22-16)10-21-15(23)17(7-3-8-17)12-4-2-5-13(18)14(12)19/h2,4-6,9H,3,7-8,10H2,1H3,(H,21,23). The lowest BCUT2D eigenvalue weighted by molar-refractivity contribution is -0.130. The fourth-order valence-electron chi connectivity index (χ4n) is 2.94. The lowest BCUT2D eigenvalue weighted by Crippen LogP contribution is -2.49. The molecule has 5 nitrogen and oxygen atoms in total. The van der Waals surface area contributed by atoms with E-state index in [0.29, 0.717) is 24.1 Å². The van der Waals surface area contributed by atoms with Crippen molar-refractivity contribution in [1.29, 1.82) is 0 Å². The number of rotatable bonds is 5. The highest BCUT2D eigenvalue weighted by Crippen LogP contribution is 2.45. The van der Waals surface area contributed by atoms with Crippen molar-refractivity contribution >= 4 is 17.5 Å². The SMILES string of the molecule is COc1nccc(CNC(=O)C2(c3cccc(Cl)c3F)CCC2)n1. The highest BCUT2D eigenvalue weighted by Gasteiger charge is 2.47. The van der Waals surface area contributed by atoms with Crippen LogP contribution in [-0.4, -0.2) is 23.0 Å². The second-order valence-electron chi connectivity index (χ2n) is 5.75. The zero-order chi connectivity index (χ0) is 17.2. The summed E-state index contributed by atoms with van der Waals surface area (Å²) in [5.41, 5.74) is 0.127. The molecule has 1 amide bonds. The minimum absolute atomic E-state index is 0.0344. The first-order valence-electron chi connectivity index (χ1n) is 7.65. The number of carbonyl (C=O) groups excluding carboxylic acids is 1. The van der Waals surface area contributed by atoms with E-state index in [1.807, 2.05) is 0 Å². The molecule has 0 unspecified atom stereocenters. The van der Waals surface area contributed by atoms with Gasteiger partial charge in [0, 0.05) is 11.8 Å². The molecule has 1 saturated carbocycles. The second-order valence-corrected chi connectivity index (χ2v) is 6.16. The molecule has 1 fully saturated rings. The minimum Gasteiger partial charge on any atom is -0.467 e. The Morgan fingerprint density at radius 1 is 1.42 bits per heavy atom. The van der Waals surface area contributed by atoms with Gasteiger partial charge in [0.2, 0.25) is 5.91 Å². The number of carbonyl (C=O) groups is 1. The second kappa shape index (κ2) is 6.73. The molecule has 126 valence electrons. The van der Waals surface area contributed by atoms with Crippen LogP contribution in [0.25, 0.3) is 0 Å². The normalized spacial score (nSPS) is 15.5. The van der Waals surface area contributed by atoms with E-state index < -0.39 is 11.2 Å². The van der Waals surface area contributed by atoms with Gasteiger partial charge in [0.25, 0.3) is 0 Å². The Labute approximate surface area is 144 Å². The highest BCUT2D eigenvalue weighted by atomic mass is 35.5. The average molecular weight is 350 g/mol. The number of hydrogen-bond donors (Lipinski definition) is 1. The molecule has 1 aliphatic rings. The smallest absolute Gasteiger partial charge is 0.316 e. The Bertz CT molecular complexity index is 765. The van der Waals surface area contributed by atoms with Crippen molar-refractivity contribution in [3.8, 4) is 6.01 Å². The van der Waals surface area contributed by atoms with Crippen molar-refractivity contribution in [3.63, 3.8) is 0 Å². The molecule has 1 heterocycles. The number of halogens is 2. The van der Waals surface area contributed by atoms with Crippen molar-refractivity contribution in [2.75, 3.05) is 7.11 Å². The lowest BCUT2D eigenvalue weighted by Gasteiger charge is -2.40. The Kier molecular flexibility index (Phi) is 4.66. The van der Waals surface area contributed by atoms with Crippen molar-refractivity contribution in [2.45, 2.75) is 31.2 Å². The van der Waals surface area contributed by atoms with Gasteiger partial charge in [-0.2, -0.15) is 4.98 Å². The summed E-state index contributed by atoms with van der Waals surface area (Å²) in [6, 6.07) is 6.71. The van der Waals surface area contributed by atoms with E-state index in [1.165, 1.54) is 13.2 Å². The average Bonchev–Trinajstić information content (AvgIpc) is 2.56. The van der Waals surface area contributed by atoms with E-state index in [2.05, 4.69) is 15.3 Å². The van der Waals surface area contributed by atoms with Crippen molar-refractivity contribution < 1.29 is 13.9 Å². The Morgan fingerprint density at radius 3 is 2.88 bits per heavy atom. The summed E-state index contributed by atoms with van der Waals surface area (Å²) in [6.07, 6.45) is 3.64. The number of amides is 1. The van der Waals surface area contributed by atoms with Crippen LogP contribution in [0.2, 0.25) is 5.02 Å². The Morgan fingerprint density at radius 2 is 2.21 bits per heavy atom. The zero-order valence-electron chi connectivity index (χ0n) is 13.2. The molecule has 1 N–H and O–H groups in total. The summed E-state index contributed by atoms with van der Waals surface area (Å²) in [6.45, 7) is 0.224. The maximum atomic E-state index is 14.4. The van der Waals surface area contributed by atoms with Crippen LogP contribution in [0.15, 0.2) is 30.5 Å². The maximum Gasteiger partial charge on any atom is 0.316 e. The van der Waals surface area contributed by atoms with Crippen LogP contribution >= 0.6 is 11.6 Å². The van der Waals surface area contributed by atoms with Crippen molar-refractivity contribution in [1.82, 2.24) is 15.3 Å². The van der Waals surface area contributed by atoms with Crippen LogP contribution in [0.4, 0.5) is 4.39 Å². The molecular formula is C17H17ClFN3O2. The van der Waals surface area contributed by atoms with Crippen LogP contribution in [0.5, 0.6) is 6.01 Å². The van der Waals surface area contributed by atoms with Gasteiger partial charge in [-0.15, -0.1) is 0 Å². The van der Waals surface area contributed by atoms with Gasteiger partial charge in [0.05, 0.1) is 29.8 Å². The summed E-state index contributed by atoms with van der Waals surface area (Å²) in [4.78, 5) is 20.8. The van der Waals surface area contributed by atoms with Crippen molar-refractivity contribution in [3.05, 3.63) is 52.6 Å². The number of benzene rings is 1. The Hall–Kier alpha value is -2.21. The van der Waals surface area contributed by atoms with Crippen LogP contribution < -0.4 is 10.1 Å². The monoisotopic (exact) mass is 349 g/mol. The molecule has 1 aromatic heterocycles. The third-order valence-corrected chi connectivity index (χ3v) is 4.70. The van der Waals surface area contributed by atoms with Gasteiger partial charge in [-0.1, -0.05) is 30.2 Å². The number of methoxy groups -OCH3 is 1. The fourth-order valence-corrected chi connectivity index (χ4v) is 3.11. The third-order valence-electron chi connectivity index (χ3n) is 4.41. The summed E-state index contributed by atoms with van der Waals surface area (Å²) >= 11 is 5.87. The first kappa shape index (κ1) is 16.6. The van der Waals surface area contributed by atoms with Gasteiger partial charge in [-0.05, 0) is 25.0 Å². The van der Waals surface area contributed by atoms with E-state index in [9.17, 15) is 9.18 Å². The Balaban J connectivity index is 1.78. The van der Waals surface area contributed by atoms with Crippen LogP contribution in [-0.2, 0) is 16.8 Å². The van der Waals surface area contributed by atoms with E-state index in [-0.39, 0.29) is 23.5 Å². The number of nitrogens with zero attached hydrogens (tertiary/aromatic N) is 2. The summed E-state index contributed by atoms with van der Waals surface area (Å²) in [7, 11) is 1.48. The van der Waals surface area contributed by atoms with Crippen LogP contribution in [0.3, 0.4) is 0 Å². The first-order chi connectivity index (χ1) is 11.6. The minimum atomic E-state index is -0.855. The van der Waals surface area contributed by atoms with E-state index in [4.69, 9.17) is 16.3 Å². The van der Waals surface area contributed by atoms with E-state index in [1.54, 1.807) is 24.4 Å². The van der Waals surface area contributed by atoms with Gasteiger partial charge >= 0.3 is 6.01 Å². The maximum absolute atomic E-state index is 14.4. The molecule has 0 spiro atoms. The zero-order valence-corrected chi connectivity index (χ0v) is 13.9. The molecular weight excluding hydrogens is 333 g/mol. The third kappa shape index (κ3) is 2.94. The molecule has 0 saturated heterocycles. The quantitative estimate of drug-likeness (QED) is 0.901. The van der Waals surface area contributed by atoms with Gasteiger partial charge in [-0.25, -0.2) is 9.37 Å². The van der Waals surface area contributed by atoms with Gasteiger partial charge < -0.3 is 10.1 Å². The first-order valence-corrected chi connectivity index (χ1v) is 8.03. The molecule has 0 atom stereocenters. The van der Waals surface area contributed by atoms with Crippen LogP contribution in [0.1, 0.15) is 30.5 Å². The van der Waals surface area contributed by atoms with Crippen molar-refractivity contribution in [2.24, 2.45) is 0 Å². The molecule has 7 heteroatoms. The molecule has 0 radical (unpaired) electrons. The van der Waals surface area contributed by atoms with E-state index in [0.717, 1.165) is 6.42 Å². The number of aromatic nitrogens is 2. The topological polar surface area (TPSA) is 64.1 Å². The molecule has 1 aromatic carbocycles. The summed E-state index contributed by atoms with van der Waals surface area (Å²) in [5.74, 6) is -0.731. The predicted octanol–water partition coefficient (Wildman–Crippen LogP) is 3.02.